The minimum atomic E-state index is -1.16. The van der Waals surface area contributed by atoms with Crippen molar-refractivity contribution in [2.45, 2.75) is 77.5 Å². The highest BCUT2D eigenvalue weighted by Crippen LogP contribution is 2.19. The van der Waals surface area contributed by atoms with Crippen LogP contribution < -0.4 is 5.73 Å². The van der Waals surface area contributed by atoms with Crippen molar-refractivity contribution in [3.63, 3.8) is 0 Å². The lowest BCUT2D eigenvalue weighted by molar-refractivity contribution is -0.147. The largest absolute Gasteiger partial charge is 0.390 e. The second kappa shape index (κ2) is 15.7. The van der Waals surface area contributed by atoms with Crippen molar-refractivity contribution in [1.29, 1.82) is 0 Å². The minimum absolute atomic E-state index is 0.0303. The molecule has 0 aromatic heterocycles. The number of nitrogens with zero attached hydrogens (tertiary/aromatic N) is 4. The van der Waals surface area contributed by atoms with Crippen molar-refractivity contribution in [3.05, 3.63) is 0 Å². The quantitative estimate of drug-likeness (QED) is 0.298. The van der Waals surface area contributed by atoms with E-state index in [2.05, 4.69) is 16.7 Å². The monoisotopic (exact) mass is 515 g/mol. The summed E-state index contributed by atoms with van der Waals surface area (Å²) in [4.78, 5) is 45.9. The normalized spacial score (nSPS) is 17.1. The van der Waals surface area contributed by atoms with Crippen LogP contribution in [0.2, 0.25) is 0 Å². The van der Waals surface area contributed by atoms with Crippen molar-refractivity contribution >= 4 is 29.5 Å². The lowest BCUT2D eigenvalue weighted by Crippen LogP contribution is -2.56. The van der Waals surface area contributed by atoms with Crippen molar-refractivity contribution in [3.8, 4) is 0 Å². The zero-order chi connectivity index (χ0) is 26.6. The fourth-order valence-electron chi connectivity index (χ4n) is 4.34. The molecule has 0 unspecified atom stereocenters. The van der Waals surface area contributed by atoms with Crippen LogP contribution in [0.4, 0.5) is 0 Å². The van der Waals surface area contributed by atoms with Gasteiger partial charge >= 0.3 is 0 Å². The molecule has 1 saturated heterocycles. The van der Waals surface area contributed by atoms with Crippen molar-refractivity contribution in [1.82, 2.24) is 19.6 Å². The van der Waals surface area contributed by atoms with Crippen LogP contribution in [0.5, 0.6) is 0 Å². The summed E-state index contributed by atoms with van der Waals surface area (Å²) in [6.07, 6.45) is 3.30. The first-order chi connectivity index (χ1) is 16.4. The minimum Gasteiger partial charge on any atom is -0.390 e. The summed E-state index contributed by atoms with van der Waals surface area (Å²) in [5, 5.41) is 10.2. The average Bonchev–Trinajstić information content (AvgIpc) is 2.79. The van der Waals surface area contributed by atoms with Crippen LogP contribution in [0.1, 0.15) is 59.8 Å². The predicted octanol–water partition coefficient (Wildman–Crippen LogP) is 1.24. The van der Waals surface area contributed by atoms with Gasteiger partial charge in [-0.25, -0.2) is 0 Å². The SMILES string of the molecule is CCCC(=O)N(C)[C@H](CSCCCN1CCN(CCC)CC1)C(=O)N(C)[C@@H](CC(C)(C)O)C(N)=O. The number of aliphatic hydroxyl groups is 1. The van der Waals surface area contributed by atoms with Crippen LogP contribution in [0.3, 0.4) is 0 Å². The lowest BCUT2D eigenvalue weighted by atomic mass is 9.97. The predicted molar refractivity (Wildman–Crippen MR) is 143 cm³/mol. The maximum absolute atomic E-state index is 13.4. The highest BCUT2D eigenvalue weighted by molar-refractivity contribution is 7.99. The van der Waals surface area contributed by atoms with Gasteiger partial charge in [0, 0.05) is 58.9 Å². The summed E-state index contributed by atoms with van der Waals surface area (Å²) in [6.45, 7) is 14.0. The number of likely N-dealkylation sites (N-methyl/N-ethyl adjacent to an activating group) is 2. The Bertz CT molecular complexity index is 665. The Balaban J connectivity index is 2.71. The molecule has 1 fully saturated rings. The molecule has 3 amide bonds. The number of rotatable bonds is 16. The van der Waals surface area contributed by atoms with Gasteiger partial charge in [0.15, 0.2) is 0 Å². The van der Waals surface area contributed by atoms with Crippen LogP contribution in [0, 0.1) is 0 Å². The maximum atomic E-state index is 13.4. The average molecular weight is 516 g/mol. The molecule has 35 heavy (non-hydrogen) atoms. The Morgan fingerprint density at radius 3 is 2.03 bits per heavy atom. The lowest BCUT2D eigenvalue weighted by Gasteiger charge is -2.35. The molecular formula is C25H49N5O4S. The van der Waals surface area contributed by atoms with E-state index >= 15 is 0 Å². The van der Waals surface area contributed by atoms with E-state index in [-0.39, 0.29) is 18.2 Å². The molecule has 1 heterocycles. The Kier molecular flexibility index (Phi) is 14.2. The fourth-order valence-corrected chi connectivity index (χ4v) is 5.43. The smallest absolute Gasteiger partial charge is 0.246 e. The highest BCUT2D eigenvalue weighted by atomic mass is 32.2. The van der Waals surface area contributed by atoms with Gasteiger partial charge < -0.3 is 30.4 Å². The van der Waals surface area contributed by atoms with Crippen LogP contribution in [0.25, 0.3) is 0 Å². The number of carbonyl (C=O) groups excluding carboxylic acids is 3. The Morgan fingerprint density at radius 1 is 0.971 bits per heavy atom. The van der Waals surface area contributed by atoms with Gasteiger partial charge in [0.25, 0.3) is 0 Å². The number of hydrogen-bond acceptors (Lipinski definition) is 7. The summed E-state index contributed by atoms with van der Waals surface area (Å²) >= 11 is 1.66. The summed E-state index contributed by atoms with van der Waals surface area (Å²) in [6, 6.07) is -1.64. The molecule has 10 heteroatoms. The van der Waals surface area contributed by atoms with Crippen molar-refractivity contribution < 1.29 is 19.5 Å². The molecule has 0 aliphatic carbocycles. The van der Waals surface area contributed by atoms with Crippen molar-refractivity contribution in [2.75, 3.05) is 64.9 Å². The van der Waals surface area contributed by atoms with E-state index in [1.165, 1.54) is 29.8 Å². The first-order valence-corrected chi connectivity index (χ1v) is 14.1. The molecule has 9 nitrogen and oxygen atoms in total. The zero-order valence-electron chi connectivity index (χ0n) is 22.8. The number of piperazine rings is 1. The van der Waals surface area contributed by atoms with Crippen LogP contribution in [0.15, 0.2) is 0 Å². The molecule has 0 saturated carbocycles. The highest BCUT2D eigenvalue weighted by Gasteiger charge is 2.36. The van der Waals surface area contributed by atoms with Gasteiger partial charge in [0.05, 0.1) is 5.60 Å². The number of amides is 3. The number of nitrogens with two attached hydrogens (primary N) is 1. The summed E-state index contributed by atoms with van der Waals surface area (Å²) in [5.41, 5.74) is 4.40. The first-order valence-electron chi connectivity index (χ1n) is 13.0. The van der Waals surface area contributed by atoms with Gasteiger partial charge in [-0.15, -0.1) is 0 Å². The Morgan fingerprint density at radius 2 is 1.54 bits per heavy atom. The second-order valence-corrected chi connectivity index (χ2v) is 11.4. The molecule has 1 aliphatic heterocycles. The van der Waals surface area contributed by atoms with E-state index in [0.29, 0.717) is 18.6 Å². The van der Waals surface area contributed by atoms with Gasteiger partial charge in [-0.1, -0.05) is 13.8 Å². The molecule has 204 valence electrons. The molecule has 0 spiro atoms. The first kappa shape index (κ1) is 31.7. The van der Waals surface area contributed by atoms with E-state index in [1.807, 2.05) is 6.92 Å². The summed E-state index contributed by atoms with van der Waals surface area (Å²) in [7, 11) is 3.18. The van der Waals surface area contributed by atoms with Gasteiger partial charge in [-0.05, 0) is 52.0 Å². The molecule has 0 aromatic rings. The molecular weight excluding hydrogens is 466 g/mol. The zero-order valence-corrected chi connectivity index (χ0v) is 23.6. The van der Waals surface area contributed by atoms with E-state index in [4.69, 9.17) is 5.73 Å². The standard InChI is InChI=1S/C25H49N5O4S/c1-7-10-22(31)27(5)21(24(33)28(6)20(23(26)32)18-25(3,4)34)19-35-17-9-12-30-15-13-29(11-8-2)14-16-30/h20-21,34H,7-19H2,1-6H3,(H2,26,32)/t20-,21+/m0/s1. The molecule has 3 N–H and O–H groups in total. The maximum Gasteiger partial charge on any atom is 0.246 e. The third-order valence-electron chi connectivity index (χ3n) is 6.49. The van der Waals surface area contributed by atoms with E-state index in [1.54, 1.807) is 32.7 Å². The van der Waals surface area contributed by atoms with Gasteiger partial charge in [-0.3, -0.25) is 14.4 Å². The van der Waals surface area contributed by atoms with Crippen LogP contribution in [-0.2, 0) is 14.4 Å². The van der Waals surface area contributed by atoms with E-state index in [0.717, 1.165) is 44.9 Å². The molecule has 0 radical (unpaired) electrons. The topological polar surface area (TPSA) is 110 Å². The van der Waals surface area contributed by atoms with Crippen molar-refractivity contribution in [2.24, 2.45) is 5.73 Å². The Labute approximate surface area is 216 Å². The molecule has 1 aliphatic rings. The number of primary amides is 1. The molecule has 1 rings (SSSR count). The van der Waals surface area contributed by atoms with Gasteiger partial charge in [0.1, 0.15) is 12.1 Å². The third-order valence-corrected chi connectivity index (χ3v) is 7.62. The fraction of sp³-hybridized carbons (Fsp3) is 0.880. The van der Waals surface area contributed by atoms with E-state index < -0.39 is 23.6 Å². The van der Waals surface area contributed by atoms with E-state index in [9.17, 15) is 19.5 Å². The summed E-state index contributed by atoms with van der Waals surface area (Å²) in [5.74, 6) is 0.248. The number of hydrogen-bond donors (Lipinski definition) is 2. The molecule has 2 atom stereocenters. The number of thioether (sulfide) groups is 1. The van der Waals surface area contributed by atoms with Gasteiger partial charge in [-0.2, -0.15) is 11.8 Å². The number of carbonyl (C=O) groups is 3. The van der Waals surface area contributed by atoms with Crippen LogP contribution in [-0.4, -0.2) is 125 Å². The third kappa shape index (κ3) is 11.5. The van der Waals surface area contributed by atoms with Gasteiger partial charge in [0.2, 0.25) is 17.7 Å². The molecule has 0 bridgehead atoms. The Hall–Kier alpha value is -1.36. The van der Waals surface area contributed by atoms with Crippen LogP contribution >= 0.6 is 11.8 Å². The second-order valence-electron chi connectivity index (χ2n) is 10.3. The molecule has 0 aromatic carbocycles. The summed E-state index contributed by atoms with van der Waals surface area (Å²) < 4.78 is 0.